The van der Waals surface area contributed by atoms with Gasteiger partial charge in [0.2, 0.25) is 5.92 Å². The Morgan fingerprint density at radius 1 is 1.55 bits per heavy atom. The Hall–Kier alpha value is -1.34. The summed E-state index contributed by atoms with van der Waals surface area (Å²) in [6, 6.07) is 3.94. The molecule has 0 aromatic carbocycles. The summed E-state index contributed by atoms with van der Waals surface area (Å²) in [4.78, 5) is 5.39. The highest BCUT2D eigenvalue weighted by atomic mass is 32.1. The molecule has 2 aromatic heterocycles. The molecule has 1 aliphatic rings. The predicted octanol–water partition coefficient (Wildman–Crippen LogP) is 3.45. The molecule has 4 nitrogen and oxygen atoms in total. The lowest BCUT2D eigenvalue weighted by atomic mass is 9.77. The van der Waals surface area contributed by atoms with Crippen molar-refractivity contribution in [3.8, 4) is 0 Å². The lowest BCUT2D eigenvalue weighted by Crippen LogP contribution is -2.39. The van der Waals surface area contributed by atoms with Crippen LogP contribution in [-0.2, 0) is 11.2 Å². The summed E-state index contributed by atoms with van der Waals surface area (Å²) in [5, 5.41) is 5.87. The molecule has 2 heterocycles. The van der Waals surface area contributed by atoms with Crippen LogP contribution in [0.1, 0.15) is 35.5 Å². The summed E-state index contributed by atoms with van der Waals surface area (Å²) in [5.74, 6) is -2.00. The highest BCUT2D eigenvalue weighted by molar-refractivity contribution is 7.09. The molecule has 1 fully saturated rings. The molecule has 1 unspecified atom stereocenters. The van der Waals surface area contributed by atoms with Gasteiger partial charge in [0.05, 0.1) is 0 Å². The zero-order valence-electron chi connectivity index (χ0n) is 10.9. The largest absolute Gasteiger partial charge is 0.371 e. The minimum absolute atomic E-state index is 0.186. The number of aromatic nitrogens is 2. The van der Waals surface area contributed by atoms with Crippen molar-refractivity contribution in [3.63, 3.8) is 0 Å². The van der Waals surface area contributed by atoms with E-state index in [1.165, 1.54) is 7.11 Å². The molecular weight excluding hydrogens is 286 g/mol. The van der Waals surface area contributed by atoms with Crippen molar-refractivity contribution < 1.29 is 18.0 Å². The SMILES string of the molecule is COC(c1nc(Cc2cccs2)no1)C1CC(F)(F)C1. The van der Waals surface area contributed by atoms with Crippen LogP contribution in [0.3, 0.4) is 0 Å². The Labute approximate surface area is 118 Å². The molecule has 0 saturated heterocycles. The first-order valence-corrected chi connectivity index (χ1v) is 7.21. The fourth-order valence-electron chi connectivity index (χ4n) is 2.44. The topological polar surface area (TPSA) is 48.2 Å². The maximum Gasteiger partial charge on any atom is 0.256 e. The molecule has 7 heteroatoms. The Morgan fingerprint density at radius 2 is 2.35 bits per heavy atom. The van der Waals surface area contributed by atoms with Crippen molar-refractivity contribution in [2.45, 2.75) is 31.3 Å². The number of halogens is 2. The van der Waals surface area contributed by atoms with Gasteiger partial charge in [-0.3, -0.25) is 0 Å². The average Bonchev–Trinajstić information content (AvgIpc) is 3.01. The van der Waals surface area contributed by atoms with Crippen molar-refractivity contribution in [2.24, 2.45) is 5.92 Å². The Kier molecular flexibility index (Phi) is 3.55. The normalized spacial score (nSPS) is 19.8. The predicted molar refractivity (Wildman–Crippen MR) is 68.8 cm³/mol. The number of methoxy groups -OCH3 is 1. The third-order valence-electron chi connectivity index (χ3n) is 3.44. The average molecular weight is 300 g/mol. The van der Waals surface area contributed by atoms with Crippen LogP contribution in [0.25, 0.3) is 0 Å². The van der Waals surface area contributed by atoms with Crippen LogP contribution in [0.4, 0.5) is 8.78 Å². The van der Waals surface area contributed by atoms with Gasteiger partial charge in [-0.1, -0.05) is 11.2 Å². The van der Waals surface area contributed by atoms with Gasteiger partial charge in [0, 0.05) is 37.2 Å². The van der Waals surface area contributed by atoms with Crippen molar-refractivity contribution in [1.29, 1.82) is 0 Å². The summed E-state index contributed by atoms with van der Waals surface area (Å²) < 4.78 is 36.3. The van der Waals surface area contributed by atoms with Crippen LogP contribution in [0.2, 0.25) is 0 Å². The van der Waals surface area contributed by atoms with E-state index >= 15 is 0 Å². The van der Waals surface area contributed by atoms with Crippen molar-refractivity contribution in [1.82, 2.24) is 10.1 Å². The molecule has 1 saturated carbocycles. The van der Waals surface area contributed by atoms with E-state index in [0.717, 1.165) is 4.88 Å². The van der Waals surface area contributed by atoms with Crippen molar-refractivity contribution in [2.75, 3.05) is 7.11 Å². The third-order valence-corrected chi connectivity index (χ3v) is 4.32. The zero-order chi connectivity index (χ0) is 14.2. The fourth-order valence-corrected chi connectivity index (χ4v) is 3.14. The molecule has 0 N–H and O–H groups in total. The minimum Gasteiger partial charge on any atom is -0.371 e. The van der Waals surface area contributed by atoms with Gasteiger partial charge < -0.3 is 9.26 Å². The maximum absolute atomic E-state index is 12.9. The third kappa shape index (κ3) is 2.73. The van der Waals surface area contributed by atoms with Crippen LogP contribution in [0.15, 0.2) is 22.0 Å². The van der Waals surface area contributed by atoms with E-state index < -0.39 is 12.0 Å². The molecule has 0 spiro atoms. The van der Waals surface area contributed by atoms with Crippen LogP contribution in [-0.4, -0.2) is 23.2 Å². The Morgan fingerprint density at radius 3 is 2.95 bits per heavy atom. The first-order chi connectivity index (χ1) is 9.57. The highest BCUT2D eigenvalue weighted by Crippen LogP contribution is 2.49. The van der Waals surface area contributed by atoms with Gasteiger partial charge >= 0.3 is 0 Å². The van der Waals surface area contributed by atoms with E-state index in [1.54, 1.807) is 11.3 Å². The van der Waals surface area contributed by atoms with E-state index in [4.69, 9.17) is 9.26 Å². The van der Waals surface area contributed by atoms with Crippen LogP contribution < -0.4 is 0 Å². The van der Waals surface area contributed by atoms with Gasteiger partial charge in [0.1, 0.15) is 6.10 Å². The molecule has 3 rings (SSSR count). The summed E-state index contributed by atoms with van der Waals surface area (Å²) in [6.45, 7) is 0. The molecule has 0 bridgehead atoms. The van der Waals surface area contributed by atoms with Crippen LogP contribution in [0.5, 0.6) is 0 Å². The molecule has 2 aromatic rings. The number of ether oxygens (including phenoxy) is 1. The lowest BCUT2D eigenvalue weighted by molar-refractivity contribution is -0.153. The van der Waals surface area contributed by atoms with Gasteiger partial charge in [0.25, 0.3) is 5.89 Å². The number of hydrogen-bond donors (Lipinski definition) is 0. The van der Waals surface area contributed by atoms with Gasteiger partial charge in [0.15, 0.2) is 5.82 Å². The summed E-state index contributed by atoms with van der Waals surface area (Å²) in [5.41, 5.74) is 0. The smallest absolute Gasteiger partial charge is 0.256 e. The van der Waals surface area contributed by atoms with E-state index in [-0.39, 0.29) is 18.8 Å². The number of rotatable bonds is 5. The van der Waals surface area contributed by atoms with E-state index in [0.29, 0.717) is 18.1 Å². The Balaban J connectivity index is 1.68. The zero-order valence-corrected chi connectivity index (χ0v) is 11.7. The van der Waals surface area contributed by atoms with E-state index in [9.17, 15) is 8.78 Å². The molecule has 0 amide bonds. The maximum atomic E-state index is 12.9. The number of hydrogen-bond acceptors (Lipinski definition) is 5. The number of nitrogens with zero attached hydrogens (tertiary/aromatic N) is 2. The second-order valence-electron chi connectivity index (χ2n) is 4.99. The number of thiophene rings is 1. The van der Waals surface area contributed by atoms with Gasteiger partial charge in [-0.05, 0) is 11.4 Å². The summed E-state index contributed by atoms with van der Waals surface area (Å²) in [6.07, 6.45) is -0.333. The van der Waals surface area contributed by atoms with Crippen LogP contribution in [0, 0.1) is 5.92 Å². The van der Waals surface area contributed by atoms with Gasteiger partial charge in [-0.2, -0.15) is 4.98 Å². The molecule has 108 valence electrons. The second kappa shape index (κ2) is 5.21. The Bertz CT molecular complexity index is 563. The minimum atomic E-state index is -2.58. The fraction of sp³-hybridized carbons (Fsp3) is 0.538. The molecule has 0 radical (unpaired) electrons. The molecular formula is C13H14F2N2O2S. The van der Waals surface area contributed by atoms with Crippen molar-refractivity contribution >= 4 is 11.3 Å². The monoisotopic (exact) mass is 300 g/mol. The summed E-state index contributed by atoms with van der Waals surface area (Å²) in [7, 11) is 1.48. The van der Waals surface area contributed by atoms with Crippen LogP contribution >= 0.6 is 11.3 Å². The highest BCUT2D eigenvalue weighted by Gasteiger charge is 2.50. The lowest BCUT2D eigenvalue weighted by Gasteiger charge is -2.37. The van der Waals surface area contributed by atoms with E-state index in [1.807, 2.05) is 17.5 Å². The quantitative estimate of drug-likeness (QED) is 0.848. The van der Waals surface area contributed by atoms with E-state index in [2.05, 4.69) is 10.1 Å². The van der Waals surface area contributed by atoms with Gasteiger partial charge in [-0.25, -0.2) is 8.78 Å². The first kappa shape index (κ1) is 13.6. The van der Waals surface area contributed by atoms with Gasteiger partial charge in [-0.15, -0.1) is 11.3 Å². The first-order valence-electron chi connectivity index (χ1n) is 6.33. The molecule has 20 heavy (non-hydrogen) atoms. The number of alkyl halides is 2. The molecule has 1 aliphatic carbocycles. The molecule has 0 aliphatic heterocycles. The summed E-state index contributed by atoms with van der Waals surface area (Å²) >= 11 is 1.61. The molecule has 1 atom stereocenters. The standard InChI is InChI=1S/C13H14F2N2O2S/c1-18-11(8-6-13(14,15)7-8)12-16-10(17-19-12)5-9-3-2-4-20-9/h2-4,8,11H,5-7H2,1H3. The van der Waals surface area contributed by atoms with Crippen molar-refractivity contribution in [3.05, 3.63) is 34.1 Å². The second-order valence-corrected chi connectivity index (χ2v) is 6.02.